The predicted molar refractivity (Wildman–Crippen MR) is 470 cm³/mol. The third-order valence-corrected chi connectivity index (χ3v) is 23.0. The minimum atomic E-state index is -4.82. The smallest absolute Gasteiger partial charge is 0.744 e. The van der Waals surface area contributed by atoms with Crippen LogP contribution >= 0.6 is 0 Å². The third-order valence-electron chi connectivity index (χ3n) is 21.4. The van der Waals surface area contributed by atoms with E-state index >= 15 is 0 Å². The first-order valence-electron chi connectivity index (χ1n) is 45.9. The average molecular weight is 1640 g/mol. The van der Waals surface area contributed by atoms with Crippen LogP contribution in [0.15, 0.2) is 94.8 Å². The van der Waals surface area contributed by atoms with Crippen LogP contribution < -0.4 is 0 Å². The fraction of sp³-hybridized carbons (Fsp3) is 0.750. The molecule has 113 heavy (non-hydrogen) atoms. The van der Waals surface area contributed by atoms with E-state index in [1.807, 2.05) is 0 Å². The average Bonchev–Trinajstić information content (AvgIpc) is 0.814. The Bertz CT molecular complexity index is 2740. The van der Waals surface area contributed by atoms with Gasteiger partial charge in [0.15, 0.2) is 0 Å². The Balaban J connectivity index is 0.00000220. The summed E-state index contributed by atoms with van der Waals surface area (Å²) in [6, 6.07) is 6.30. The zero-order valence-corrected chi connectivity index (χ0v) is 76.2. The number of unbranched alkanes of at least 4 members (excludes halogenated alkanes) is 60. The van der Waals surface area contributed by atoms with Gasteiger partial charge in [-0.1, -0.05) is 382 Å². The van der Waals surface area contributed by atoms with Gasteiger partial charge in [0.05, 0.1) is 58.5 Å². The molecule has 0 spiro atoms. The molecule has 0 aliphatic rings. The molecule has 0 unspecified atom stereocenters. The van der Waals surface area contributed by atoms with Gasteiger partial charge in [-0.2, -0.15) is 0 Å². The van der Waals surface area contributed by atoms with Crippen LogP contribution in [-0.2, 0) is 39.2 Å². The molecule has 0 saturated carbocycles. The first kappa shape index (κ1) is 109. The normalized spacial score (nSPS) is 11.8. The number of esters is 4. The van der Waals surface area contributed by atoms with Crippen LogP contribution in [0, 0.1) is 0 Å². The molecule has 14 nitrogen and oxygen atoms in total. The van der Waals surface area contributed by atoms with E-state index in [0.717, 1.165) is 88.5 Å². The second-order valence-corrected chi connectivity index (χ2v) is 34.3. The van der Waals surface area contributed by atoms with Gasteiger partial charge in [-0.05, 0) is 141 Å². The van der Waals surface area contributed by atoms with Crippen molar-refractivity contribution in [2.75, 3.05) is 26.4 Å². The summed E-state index contributed by atoms with van der Waals surface area (Å²) in [5, 5.41) is 0. The second kappa shape index (κ2) is 80.8. The molecule has 0 bridgehead atoms. The van der Waals surface area contributed by atoms with E-state index in [0.29, 0.717) is 25.7 Å². The van der Waals surface area contributed by atoms with Crippen molar-refractivity contribution in [1.29, 1.82) is 0 Å². The van der Waals surface area contributed by atoms with Gasteiger partial charge in [0, 0.05) is 0 Å². The van der Waals surface area contributed by atoms with Crippen LogP contribution in [0.1, 0.15) is 480 Å². The molecule has 2 aromatic carbocycles. The van der Waals surface area contributed by atoms with Gasteiger partial charge in [0.1, 0.15) is 20.2 Å². The van der Waals surface area contributed by atoms with Gasteiger partial charge in [0.25, 0.3) is 0 Å². The SMILES string of the molecule is C/C=C/CCCCCCCCCCCCCCCCCOC(=O)c1ccc(S(=O)(=O)[O-])cc1C(=O)OCCCCCCCCCCCCCCCCC/C=C/C.C/C=C/CCCCCCCCCCCCCCCCCOC(=O)c1ccc(S(=O)(=O)[O-])cc1C(=O)OCCCCCCCCCCCCCCCCC/C=C/C.[Ca+2]. The molecule has 0 fully saturated rings. The number of benzene rings is 2. The molecule has 0 saturated heterocycles. The van der Waals surface area contributed by atoms with Crippen molar-refractivity contribution in [2.24, 2.45) is 0 Å². The van der Waals surface area contributed by atoms with Crippen LogP contribution in [-0.4, -0.2) is 114 Å². The van der Waals surface area contributed by atoms with Crippen molar-refractivity contribution < 1.29 is 64.1 Å². The van der Waals surface area contributed by atoms with E-state index in [1.165, 1.54) is 333 Å². The summed E-state index contributed by atoms with van der Waals surface area (Å²) in [4.78, 5) is 50.6. The fourth-order valence-corrected chi connectivity index (χ4v) is 15.3. The van der Waals surface area contributed by atoms with E-state index < -0.39 is 53.9 Å². The molecule has 0 aromatic heterocycles. The maximum absolute atomic E-state index is 13.0. The van der Waals surface area contributed by atoms with Crippen LogP contribution in [0.4, 0.5) is 0 Å². The number of hydrogen-bond acceptors (Lipinski definition) is 14. The van der Waals surface area contributed by atoms with Gasteiger partial charge in [-0.25, -0.2) is 36.0 Å². The summed E-state index contributed by atoms with van der Waals surface area (Å²) in [6.45, 7) is 9.09. The summed E-state index contributed by atoms with van der Waals surface area (Å²) in [7, 11) is -9.63. The van der Waals surface area contributed by atoms with Gasteiger partial charge < -0.3 is 28.1 Å². The molecule has 17 heteroatoms. The van der Waals surface area contributed by atoms with Crippen LogP contribution in [0.3, 0.4) is 0 Å². The first-order chi connectivity index (χ1) is 54.6. The van der Waals surface area contributed by atoms with E-state index in [4.69, 9.17) is 18.9 Å². The second-order valence-electron chi connectivity index (χ2n) is 31.5. The van der Waals surface area contributed by atoms with Crippen molar-refractivity contribution in [3.8, 4) is 0 Å². The van der Waals surface area contributed by atoms with Crippen LogP contribution in [0.25, 0.3) is 0 Å². The van der Waals surface area contributed by atoms with E-state index in [9.17, 15) is 45.1 Å². The fourth-order valence-electron chi connectivity index (χ4n) is 14.3. The molecule has 0 aliphatic carbocycles. The Morgan fingerprint density at radius 3 is 0.531 bits per heavy atom. The maximum atomic E-state index is 13.0. The van der Waals surface area contributed by atoms with E-state index in [-0.39, 0.29) is 86.4 Å². The molecule has 2 rings (SSSR count). The summed E-state index contributed by atoms with van der Waals surface area (Å²) in [6.07, 6.45) is 96.2. The Hall–Kier alpha value is -3.64. The third kappa shape index (κ3) is 67.9. The van der Waals surface area contributed by atoms with Crippen molar-refractivity contribution in [3.05, 3.63) is 107 Å². The zero-order valence-electron chi connectivity index (χ0n) is 72.4. The zero-order chi connectivity index (χ0) is 81.6. The number of carbonyl (C=O) groups is 4. The minimum Gasteiger partial charge on any atom is -0.744 e. The molecule has 0 aliphatic heterocycles. The number of rotatable bonds is 78. The molecule has 0 N–H and O–H groups in total. The Kier molecular flexibility index (Phi) is 78.2. The van der Waals surface area contributed by atoms with E-state index in [2.05, 4.69) is 76.3 Å². The summed E-state index contributed by atoms with van der Waals surface area (Å²) in [5.74, 6) is -3.08. The predicted octanol–water partition coefficient (Wildman–Crippen LogP) is 28.7. The van der Waals surface area contributed by atoms with Crippen molar-refractivity contribution in [3.63, 3.8) is 0 Å². The van der Waals surface area contributed by atoms with Crippen LogP contribution in [0.2, 0.25) is 0 Å². The molecule has 644 valence electrons. The number of carbonyl (C=O) groups excluding carboxylic acids is 4. The molecule has 0 radical (unpaired) electrons. The van der Waals surface area contributed by atoms with E-state index in [1.54, 1.807) is 0 Å². The van der Waals surface area contributed by atoms with Crippen molar-refractivity contribution in [2.45, 2.75) is 448 Å². The standard InChI is InChI=1S/2C48H82O7S.Ca/c2*1-3-5-7-9-11-13-15-17-19-21-23-25-27-29-31-33-35-37-41-54-47(49)45-40-39-44(56(51,52)53)43-46(45)48(50)55-42-38-36-34-32-30-28-26-24-22-20-18-16-14-12-10-8-6-4-2;/h2*3-6,39-40,43H,7-38,41-42H2,1-2H3,(H,51,52,53);/q;;+2/p-2/b2*5-3+,6-4+;. The topological polar surface area (TPSA) is 220 Å². The number of ether oxygens (including phenoxy) is 4. The molecule has 0 amide bonds. The van der Waals surface area contributed by atoms with Gasteiger partial charge in [-0.3, -0.25) is 0 Å². The summed E-state index contributed by atoms with van der Waals surface area (Å²) in [5.41, 5.74) is -0.665. The molecule has 2 aromatic rings. The molecular weight excluding hydrogens is 1480 g/mol. The van der Waals surface area contributed by atoms with Crippen molar-refractivity contribution in [1.82, 2.24) is 0 Å². The largest absolute Gasteiger partial charge is 2.00 e. The Morgan fingerprint density at radius 1 is 0.239 bits per heavy atom. The monoisotopic (exact) mass is 1640 g/mol. The minimum absolute atomic E-state index is 0. The molecular formula is C96H162CaO14S2. The van der Waals surface area contributed by atoms with Gasteiger partial charge in [-0.15, -0.1) is 0 Å². The summed E-state index contributed by atoms with van der Waals surface area (Å²) < 4.78 is 91.7. The molecule has 0 atom stereocenters. The Morgan fingerprint density at radius 2 is 0.381 bits per heavy atom. The number of allylic oxidation sites excluding steroid dienone is 8. The molecule has 0 heterocycles. The first-order valence-corrected chi connectivity index (χ1v) is 48.8. The van der Waals surface area contributed by atoms with Gasteiger partial charge >= 0.3 is 61.6 Å². The van der Waals surface area contributed by atoms with Gasteiger partial charge in [0.2, 0.25) is 0 Å². The maximum Gasteiger partial charge on any atom is 2.00 e. The number of hydrogen-bond donors (Lipinski definition) is 0. The van der Waals surface area contributed by atoms with Crippen LogP contribution in [0.5, 0.6) is 0 Å². The quantitative estimate of drug-likeness (QED) is 0.0150. The Labute approximate surface area is 722 Å². The summed E-state index contributed by atoms with van der Waals surface area (Å²) >= 11 is 0. The van der Waals surface area contributed by atoms with Crippen molar-refractivity contribution >= 4 is 81.9 Å².